The SMILES string of the molecule is C[C@@H]1CN(c2nc(-n3ccc(OCCC4(C(F)(F)F)CC4)n3)ccc2C(=O)NS(=O)(=O)c2ccccc2O)C(C)(C)C1.S. The summed E-state index contributed by atoms with van der Waals surface area (Å²) in [6.45, 7) is 6.48. The van der Waals surface area contributed by atoms with Gasteiger partial charge in [0, 0.05) is 24.3 Å². The van der Waals surface area contributed by atoms with E-state index in [4.69, 9.17) is 4.74 Å². The number of alkyl halides is 3. The second kappa shape index (κ2) is 11.6. The van der Waals surface area contributed by atoms with Gasteiger partial charge < -0.3 is 14.7 Å². The summed E-state index contributed by atoms with van der Waals surface area (Å²) in [5, 5.41) is 14.3. The second-order valence-corrected chi connectivity index (χ2v) is 13.3. The normalized spacial score (nSPS) is 19.0. The molecule has 1 aromatic carbocycles. The Morgan fingerprint density at radius 2 is 1.86 bits per heavy atom. The number of nitrogens with one attached hydrogen (secondary N) is 1. The Labute approximate surface area is 254 Å². The van der Waals surface area contributed by atoms with Crippen LogP contribution in [0, 0.1) is 11.3 Å². The molecule has 2 aromatic heterocycles. The smallest absolute Gasteiger partial charge is 0.394 e. The summed E-state index contributed by atoms with van der Waals surface area (Å²) < 4.78 is 74.4. The lowest BCUT2D eigenvalue weighted by Crippen LogP contribution is -2.41. The number of hydrogen-bond donors (Lipinski definition) is 2. The first-order chi connectivity index (χ1) is 19.6. The summed E-state index contributed by atoms with van der Waals surface area (Å²) in [6, 6.07) is 9.71. The van der Waals surface area contributed by atoms with Gasteiger partial charge in [-0.1, -0.05) is 19.1 Å². The van der Waals surface area contributed by atoms with Crippen LogP contribution < -0.4 is 14.4 Å². The summed E-state index contributed by atoms with van der Waals surface area (Å²) in [4.78, 5) is 19.6. The van der Waals surface area contributed by atoms with Crippen molar-refractivity contribution in [2.24, 2.45) is 11.3 Å². The number of carbonyl (C=O) groups excluding carboxylic acids is 1. The largest absolute Gasteiger partial charge is 0.507 e. The van der Waals surface area contributed by atoms with Crippen molar-refractivity contribution in [1.29, 1.82) is 0 Å². The zero-order valence-electron chi connectivity index (χ0n) is 23.8. The van der Waals surface area contributed by atoms with Gasteiger partial charge in [-0.05, 0) is 69.7 Å². The zero-order valence-corrected chi connectivity index (χ0v) is 25.7. The molecule has 0 radical (unpaired) electrons. The van der Waals surface area contributed by atoms with Crippen LogP contribution in [0.3, 0.4) is 0 Å². The number of hydrogen-bond acceptors (Lipinski definition) is 8. The van der Waals surface area contributed by atoms with Gasteiger partial charge >= 0.3 is 6.18 Å². The topological polar surface area (TPSA) is 127 Å². The van der Waals surface area contributed by atoms with E-state index in [1.54, 1.807) is 0 Å². The lowest BCUT2D eigenvalue weighted by Gasteiger charge is -2.34. The minimum absolute atomic E-state index is 0. The Morgan fingerprint density at radius 3 is 2.47 bits per heavy atom. The lowest BCUT2D eigenvalue weighted by atomic mass is 9.97. The highest BCUT2D eigenvalue weighted by Crippen LogP contribution is 2.59. The third-order valence-electron chi connectivity index (χ3n) is 7.90. The first kappa shape index (κ1) is 32.5. The molecule has 0 spiro atoms. The van der Waals surface area contributed by atoms with Crippen molar-refractivity contribution in [2.75, 3.05) is 18.1 Å². The number of phenols is 1. The molecule has 3 aromatic rings. The number of benzene rings is 1. The molecule has 1 saturated heterocycles. The van der Waals surface area contributed by atoms with E-state index < -0.39 is 43.7 Å². The number of phenolic OH excluding ortho intramolecular Hbond substituents is 1. The van der Waals surface area contributed by atoms with E-state index in [0.717, 1.165) is 6.42 Å². The quantitative estimate of drug-likeness (QED) is 0.337. The maximum atomic E-state index is 13.4. The van der Waals surface area contributed by atoms with Crippen molar-refractivity contribution < 1.29 is 36.2 Å². The molecule has 234 valence electrons. The van der Waals surface area contributed by atoms with Crippen LogP contribution in [0.1, 0.15) is 56.8 Å². The third kappa shape index (κ3) is 6.56. The van der Waals surface area contributed by atoms with E-state index in [9.17, 15) is 31.5 Å². The van der Waals surface area contributed by atoms with Crippen LogP contribution in [0.25, 0.3) is 5.82 Å². The van der Waals surface area contributed by atoms with E-state index in [1.165, 1.54) is 53.3 Å². The molecule has 1 aliphatic carbocycles. The maximum absolute atomic E-state index is 13.4. The van der Waals surface area contributed by atoms with Gasteiger partial charge in [0.25, 0.3) is 15.9 Å². The first-order valence-electron chi connectivity index (χ1n) is 13.5. The number of aromatic hydroxyl groups is 1. The van der Waals surface area contributed by atoms with E-state index in [2.05, 4.69) is 17.0 Å². The highest BCUT2D eigenvalue weighted by Gasteiger charge is 2.62. The molecule has 10 nitrogen and oxygen atoms in total. The second-order valence-electron chi connectivity index (χ2n) is 11.7. The fraction of sp³-hybridized carbons (Fsp3) is 0.464. The monoisotopic (exact) mass is 641 g/mol. The average molecular weight is 642 g/mol. The van der Waals surface area contributed by atoms with Crippen LogP contribution >= 0.6 is 13.5 Å². The summed E-state index contributed by atoms with van der Waals surface area (Å²) >= 11 is 0. The molecule has 43 heavy (non-hydrogen) atoms. The predicted octanol–water partition coefficient (Wildman–Crippen LogP) is 4.94. The Balaban J connectivity index is 0.00000423. The van der Waals surface area contributed by atoms with Gasteiger partial charge in [0.2, 0.25) is 5.88 Å². The van der Waals surface area contributed by atoms with Gasteiger partial charge in [-0.25, -0.2) is 22.8 Å². The molecule has 1 saturated carbocycles. The minimum Gasteiger partial charge on any atom is -0.507 e. The molecule has 2 aliphatic rings. The number of carbonyl (C=O) groups is 1. The zero-order chi connectivity index (χ0) is 30.5. The van der Waals surface area contributed by atoms with Crippen LogP contribution in [-0.2, 0) is 10.0 Å². The van der Waals surface area contributed by atoms with Crippen LogP contribution in [0.5, 0.6) is 11.6 Å². The highest BCUT2D eigenvalue weighted by atomic mass is 32.2. The molecule has 1 amide bonds. The fourth-order valence-electron chi connectivity index (χ4n) is 5.51. The molecule has 1 aliphatic heterocycles. The number of para-hydroxylation sites is 1. The molecule has 5 rings (SSSR count). The molecule has 0 bridgehead atoms. The van der Waals surface area contributed by atoms with Gasteiger partial charge in [0.05, 0.1) is 17.6 Å². The number of nitrogens with zero attached hydrogens (tertiary/aromatic N) is 4. The van der Waals surface area contributed by atoms with Crippen molar-refractivity contribution in [3.8, 4) is 17.4 Å². The van der Waals surface area contributed by atoms with E-state index >= 15 is 0 Å². The first-order valence-corrected chi connectivity index (χ1v) is 15.0. The number of amides is 1. The minimum atomic E-state index is -4.40. The van der Waals surface area contributed by atoms with Gasteiger partial charge in [-0.3, -0.25) is 4.79 Å². The van der Waals surface area contributed by atoms with Crippen molar-refractivity contribution in [1.82, 2.24) is 19.5 Å². The fourth-order valence-corrected chi connectivity index (χ4v) is 6.58. The van der Waals surface area contributed by atoms with E-state index in [1.807, 2.05) is 23.5 Å². The van der Waals surface area contributed by atoms with Crippen molar-refractivity contribution in [2.45, 2.75) is 63.1 Å². The van der Waals surface area contributed by atoms with Crippen molar-refractivity contribution in [3.05, 3.63) is 54.2 Å². The number of ether oxygens (including phenoxy) is 1. The van der Waals surface area contributed by atoms with Gasteiger partial charge in [-0.2, -0.15) is 26.7 Å². The number of anilines is 1. The number of aromatic nitrogens is 3. The summed E-state index contributed by atoms with van der Waals surface area (Å²) in [7, 11) is -4.40. The van der Waals surface area contributed by atoms with E-state index in [-0.39, 0.29) is 62.5 Å². The van der Waals surface area contributed by atoms with Crippen LogP contribution in [-0.4, -0.2) is 59.1 Å². The average Bonchev–Trinajstić information content (AvgIpc) is 3.46. The van der Waals surface area contributed by atoms with Crippen LogP contribution in [0.15, 0.2) is 53.6 Å². The number of pyridine rings is 1. The Kier molecular flexibility index (Phi) is 8.73. The summed E-state index contributed by atoms with van der Waals surface area (Å²) in [6.07, 6.45) is -1.87. The molecule has 1 atom stereocenters. The Bertz CT molecular complexity index is 1610. The lowest BCUT2D eigenvalue weighted by molar-refractivity contribution is -0.190. The molecular weight excluding hydrogens is 607 g/mol. The molecule has 0 unspecified atom stereocenters. The number of sulfonamides is 1. The van der Waals surface area contributed by atoms with Crippen LogP contribution in [0.4, 0.5) is 19.0 Å². The highest BCUT2D eigenvalue weighted by molar-refractivity contribution is 7.90. The number of halogens is 3. The summed E-state index contributed by atoms with van der Waals surface area (Å²) in [5.41, 5.74) is -2.08. The Morgan fingerprint density at radius 1 is 1.16 bits per heavy atom. The molecular formula is C28H34F3N5O5S2. The number of rotatable bonds is 9. The molecule has 15 heteroatoms. The van der Waals surface area contributed by atoms with Gasteiger partial charge in [-0.15, -0.1) is 5.10 Å². The third-order valence-corrected chi connectivity index (χ3v) is 9.28. The van der Waals surface area contributed by atoms with Gasteiger partial charge in [0.15, 0.2) is 5.82 Å². The predicted molar refractivity (Wildman–Crippen MR) is 158 cm³/mol. The van der Waals surface area contributed by atoms with Gasteiger partial charge in [0.1, 0.15) is 16.5 Å². The standard InChI is InChI=1S/C28H32F3N5O5S.H2S/c1-18-16-26(2,3)35(17-18)24-19(25(38)34-42(39,40)21-7-5-4-6-20(21)37)8-9-22(32-24)36-14-10-23(33-36)41-15-13-27(11-12-27)28(29,30)31;/h4-10,14,18,37H,11-13,15-17H2,1-3H3,(H,34,38);1H2/t18-;/m0./s1. The molecule has 3 heterocycles. The van der Waals surface area contributed by atoms with Crippen molar-refractivity contribution >= 4 is 35.2 Å². The maximum Gasteiger partial charge on any atom is 0.394 e. The summed E-state index contributed by atoms with van der Waals surface area (Å²) in [5.74, 6) is -0.492. The molecule has 2 N–H and O–H groups in total. The van der Waals surface area contributed by atoms with Crippen LogP contribution in [0.2, 0.25) is 0 Å². The van der Waals surface area contributed by atoms with Crippen molar-refractivity contribution in [3.63, 3.8) is 0 Å². The van der Waals surface area contributed by atoms with E-state index in [0.29, 0.717) is 12.4 Å². The Hall–Kier alpha value is -3.46. The molecule has 2 fully saturated rings.